The van der Waals surface area contributed by atoms with E-state index in [9.17, 15) is 13.2 Å². The number of hydrogen-bond donors (Lipinski definition) is 0. The number of carbonyl (C=O) groups is 1. The van der Waals surface area contributed by atoms with E-state index in [2.05, 4.69) is 0 Å². The highest BCUT2D eigenvalue weighted by atomic mass is 32.2. The van der Waals surface area contributed by atoms with E-state index in [1.165, 1.54) is 10.6 Å². The third-order valence-electron chi connectivity index (χ3n) is 3.04. The van der Waals surface area contributed by atoms with Gasteiger partial charge in [-0.2, -0.15) is 0 Å². The van der Waals surface area contributed by atoms with Crippen LogP contribution in [0.4, 0.5) is 0 Å². The van der Waals surface area contributed by atoms with Gasteiger partial charge < -0.3 is 4.74 Å². The first-order valence-electron chi connectivity index (χ1n) is 6.37. The van der Waals surface area contributed by atoms with Gasteiger partial charge in [0.1, 0.15) is 6.61 Å². The number of rotatable bonds is 6. The first-order valence-corrected chi connectivity index (χ1v) is 8.22. The highest BCUT2D eigenvalue weighted by Crippen LogP contribution is 2.21. The first-order chi connectivity index (χ1) is 8.29. The Hall–Kier alpha value is -0.460. The molecule has 1 unspecified atom stereocenters. The summed E-state index contributed by atoms with van der Waals surface area (Å²) in [7, 11) is -3.13. The van der Waals surface area contributed by atoms with E-state index in [0.29, 0.717) is 19.5 Å². The monoisotopic (exact) mass is 277 g/mol. The quantitative estimate of drug-likeness (QED) is 0.728. The summed E-state index contributed by atoms with van der Waals surface area (Å²) in [4.78, 5) is 11.7. The standard InChI is InChI=1S/C12H23NO4S/c1-10(2)17-9-12(14)7-11-5-4-6-13(8-11)18(3,15)16/h10-11H,4-9H2,1-3H3. The van der Waals surface area contributed by atoms with E-state index in [-0.39, 0.29) is 24.4 Å². The molecule has 1 saturated heterocycles. The topological polar surface area (TPSA) is 63.7 Å². The van der Waals surface area contributed by atoms with Crippen molar-refractivity contribution in [3.8, 4) is 0 Å². The van der Waals surface area contributed by atoms with Gasteiger partial charge in [-0.15, -0.1) is 0 Å². The number of nitrogens with zero attached hydrogens (tertiary/aromatic N) is 1. The first kappa shape index (κ1) is 15.6. The normalized spacial score (nSPS) is 22.3. The molecule has 0 saturated carbocycles. The van der Waals surface area contributed by atoms with Gasteiger partial charge in [-0.25, -0.2) is 12.7 Å². The predicted octanol–water partition coefficient (Wildman–Crippen LogP) is 1.04. The van der Waals surface area contributed by atoms with Crippen LogP contribution in [-0.2, 0) is 19.6 Å². The van der Waals surface area contributed by atoms with Gasteiger partial charge in [-0.3, -0.25) is 4.79 Å². The van der Waals surface area contributed by atoms with Crippen LogP contribution < -0.4 is 0 Å². The number of Topliss-reactive ketones (excluding diaryl/α,β-unsaturated/α-hetero) is 1. The molecule has 1 heterocycles. The summed E-state index contributed by atoms with van der Waals surface area (Å²) in [5.41, 5.74) is 0. The Morgan fingerprint density at radius 2 is 2.11 bits per heavy atom. The Morgan fingerprint density at radius 1 is 1.44 bits per heavy atom. The highest BCUT2D eigenvalue weighted by Gasteiger charge is 2.27. The summed E-state index contributed by atoms with van der Waals surface area (Å²) in [5, 5.41) is 0. The Kier molecular flexibility index (Phi) is 5.75. The molecule has 1 aliphatic heterocycles. The summed E-state index contributed by atoms with van der Waals surface area (Å²) >= 11 is 0. The van der Waals surface area contributed by atoms with Crippen LogP contribution in [0, 0.1) is 5.92 Å². The van der Waals surface area contributed by atoms with Gasteiger partial charge in [0.2, 0.25) is 10.0 Å². The fraction of sp³-hybridized carbons (Fsp3) is 0.917. The maximum absolute atomic E-state index is 11.7. The summed E-state index contributed by atoms with van der Waals surface area (Å²) < 4.78 is 29.6. The molecule has 0 aromatic heterocycles. The van der Waals surface area contributed by atoms with Gasteiger partial charge in [-0.1, -0.05) is 0 Å². The van der Waals surface area contributed by atoms with Gasteiger partial charge in [0.15, 0.2) is 5.78 Å². The minimum Gasteiger partial charge on any atom is -0.371 e. The third kappa shape index (κ3) is 5.46. The molecule has 0 aliphatic carbocycles. The lowest BCUT2D eigenvalue weighted by Crippen LogP contribution is -2.40. The zero-order valence-corrected chi connectivity index (χ0v) is 12.2. The molecule has 1 rings (SSSR count). The van der Waals surface area contributed by atoms with E-state index in [0.717, 1.165) is 12.8 Å². The van der Waals surface area contributed by atoms with Crippen LogP contribution >= 0.6 is 0 Å². The van der Waals surface area contributed by atoms with E-state index >= 15 is 0 Å². The van der Waals surface area contributed by atoms with E-state index < -0.39 is 10.0 Å². The summed E-state index contributed by atoms with van der Waals surface area (Å²) in [6, 6.07) is 0. The zero-order chi connectivity index (χ0) is 13.8. The molecule has 0 radical (unpaired) electrons. The maximum Gasteiger partial charge on any atom is 0.211 e. The molecule has 0 amide bonds. The summed E-state index contributed by atoms with van der Waals surface area (Å²) in [5.74, 6) is 0.195. The van der Waals surface area contributed by atoms with Crippen LogP contribution in [-0.4, -0.2) is 50.6 Å². The Balaban J connectivity index is 2.41. The summed E-state index contributed by atoms with van der Waals surface area (Å²) in [6.45, 7) is 4.95. The van der Waals surface area contributed by atoms with Crippen molar-refractivity contribution in [2.75, 3.05) is 26.0 Å². The molecular weight excluding hydrogens is 254 g/mol. The fourth-order valence-electron chi connectivity index (χ4n) is 2.14. The number of piperidine rings is 1. The van der Waals surface area contributed by atoms with Gasteiger partial charge in [-0.05, 0) is 32.6 Å². The summed E-state index contributed by atoms with van der Waals surface area (Å²) in [6.07, 6.45) is 3.43. The number of sulfonamides is 1. The van der Waals surface area contributed by atoms with Crippen LogP contribution in [0.5, 0.6) is 0 Å². The number of ketones is 1. The average Bonchev–Trinajstić information content (AvgIpc) is 2.25. The number of hydrogen-bond acceptors (Lipinski definition) is 4. The largest absolute Gasteiger partial charge is 0.371 e. The van der Waals surface area contributed by atoms with Crippen LogP contribution in [0.2, 0.25) is 0 Å². The Morgan fingerprint density at radius 3 is 2.67 bits per heavy atom. The molecule has 6 heteroatoms. The van der Waals surface area contributed by atoms with Crippen molar-refractivity contribution < 1.29 is 17.9 Å². The molecule has 0 spiro atoms. The lowest BCUT2D eigenvalue weighted by atomic mass is 9.94. The molecule has 106 valence electrons. The second-order valence-corrected chi connectivity index (χ2v) is 7.21. The van der Waals surface area contributed by atoms with Crippen molar-refractivity contribution in [2.24, 2.45) is 5.92 Å². The molecule has 1 fully saturated rings. The number of ether oxygens (including phenoxy) is 1. The van der Waals surface area contributed by atoms with Crippen molar-refractivity contribution in [2.45, 2.75) is 39.2 Å². The van der Waals surface area contributed by atoms with E-state index in [4.69, 9.17) is 4.74 Å². The second-order valence-electron chi connectivity index (χ2n) is 5.23. The van der Waals surface area contributed by atoms with Crippen LogP contribution in [0.15, 0.2) is 0 Å². The second kappa shape index (κ2) is 6.63. The number of carbonyl (C=O) groups excluding carboxylic acids is 1. The van der Waals surface area contributed by atoms with Gasteiger partial charge in [0.25, 0.3) is 0 Å². The maximum atomic E-state index is 11.7. The van der Waals surface area contributed by atoms with Crippen molar-refractivity contribution in [1.82, 2.24) is 4.31 Å². The van der Waals surface area contributed by atoms with Crippen molar-refractivity contribution in [3.05, 3.63) is 0 Å². The third-order valence-corrected chi connectivity index (χ3v) is 4.31. The minimum atomic E-state index is -3.13. The van der Waals surface area contributed by atoms with Crippen LogP contribution in [0.3, 0.4) is 0 Å². The van der Waals surface area contributed by atoms with Gasteiger partial charge in [0, 0.05) is 19.5 Å². The Bertz CT molecular complexity index is 378. The highest BCUT2D eigenvalue weighted by molar-refractivity contribution is 7.88. The SMILES string of the molecule is CC(C)OCC(=O)CC1CCCN(S(C)(=O)=O)C1. The lowest BCUT2D eigenvalue weighted by Gasteiger charge is -2.30. The van der Waals surface area contributed by atoms with E-state index in [1.54, 1.807) is 0 Å². The smallest absolute Gasteiger partial charge is 0.211 e. The molecule has 1 aliphatic rings. The van der Waals surface area contributed by atoms with Crippen molar-refractivity contribution in [1.29, 1.82) is 0 Å². The molecule has 1 atom stereocenters. The van der Waals surface area contributed by atoms with E-state index in [1.807, 2.05) is 13.8 Å². The molecule has 5 nitrogen and oxygen atoms in total. The molecule has 18 heavy (non-hydrogen) atoms. The molecule has 0 bridgehead atoms. The van der Waals surface area contributed by atoms with Gasteiger partial charge >= 0.3 is 0 Å². The van der Waals surface area contributed by atoms with Crippen LogP contribution in [0.1, 0.15) is 33.1 Å². The van der Waals surface area contributed by atoms with Gasteiger partial charge in [0.05, 0.1) is 12.4 Å². The Labute approximate surface area is 110 Å². The fourth-order valence-corrected chi connectivity index (χ4v) is 3.08. The lowest BCUT2D eigenvalue weighted by molar-refractivity contribution is -0.126. The zero-order valence-electron chi connectivity index (χ0n) is 11.4. The van der Waals surface area contributed by atoms with Crippen molar-refractivity contribution >= 4 is 15.8 Å². The van der Waals surface area contributed by atoms with Crippen molar-refractivity contribution in [3.63, 3.8) is 0 Å². The average molecular weight is 277 g/mol. The molecule has 0 aromatic rings. The molecule has 0 N–H and O–H groups in total. The molecular formula is C12H23NO4S. The van der Waals surface area contributed by atoms with Crippen LogP contribution in [0.25, 0.3) is 0 Å². The molecule has 0 aromatic carbocycles. The minimum absolute atomic E-state index is 0.0489. The predicted molar refractivity (Wildman–Crippen MR) is 69.9 cm³/mol.